The number of thiophene rings is 1. The molecule has 0 spiro atoms. The van der Waals surface area contributed by atoms with Gasteiger partial charge >= 0.3 is 0 Å². The molecule has 1 atom stereocenters. The van der Waals surface area contributed by atoms with Gasteiger partial charge in [0, 0.05) is 22.8 Å². The van der Waals surface area contributed by atoms with Crippen molar-refractivity contribution in [3.05, 3.63) is 57.7 Å². The van der Waals surface area contributed by atoms with Crippen LogP contribution in [-0.4, -0.2) is 14.9 Å². The first kappa shape index (κ1) is 14.0. The maximum Gasteiger partial charge on any atom is 0.269 e. The molecule has 2 aromatic heterocycles. The predicted octanol–water partition coefficient (Wildman–Crippen LogP) is 4.45. The predicted molar refractivity (Wildman–Crippen MR) is 84.8 cm³/mol. The molecular weight excluding hydrogens is 306 g/mol. The second-order valence-electron chi connectivity index (χ2n) is 4.43. The first-order chi connectivity index (χ1) is 10.1. The van der Waals surface area contributed by atoms with Crippen molar-refractivity contribution >= 4 is 39.0 Å². The lowest BCUT2D eigenvalue weighted by Gasteiger charge is -2.11. The minimum Gasteiger partial charge on any atom is -0.258 e. The average Bonchev–Trinajstić information content (AvgIpc) is 2.97. The molecule has 1 aromatic carbocycles. The molecule has 0 aliphatic heterocycles. The van der Waals surface area contributed by atoms with Crippen molar-refractivity contribution in [3.63, 3.8) is 0 Å². The first-order valence-corrected chi connectivity index (χ1v) is 8.00. The van der Waals surface area contributed by atoms with E-state index >= 15 is 0 Å². The van der Waals surface area contributed by atoms with Gasteiger partial charge in [0.05, 0.1) is 4.92 Å². The molecule has 21 heavy (non-hydrogen) atoms. The van der Waals surface area contributed by atoms with E-state index in [0.717, 1.165) is 20.8 Å². The molecule has 2 heterocycles. The topological polar surface area (TPSA) is 68.9 Å². The fraction of sp³-hybridized carbons (Fsp3) is 0.143. The zero-order chi connectivity index (χ0) is 14.8. The van der Waals surface area contributed by atoms with Crippen LogP contribution in [0.1, 0.15) is 17.7 Å². The third-order valence-electron chi connectivity index (χ3n) is 3.06. The summed E-state index contributed by atoms with van der Waals surface area (Å²) in [6.07, 6.45) is 1.56. The molecule has 0 aliphatic carbocycles. The van der Waals surface area contributed by atoms with Gasteiger partial charge in [-0.05, 0) is 23.9 Å². The van der Waals surface area contributed by atoms with Crippen LogP contribution < -0.4 is 0 Å². The Morgan fingerprint density at radius 3 is 3.00 bits per heavy atom. The molecule has 3 aromatic rings. The van der Waals surface area contributed by atoms with E-state index in [1.54, 1.807) is 41.6 Å². The number of hydrogen-bond donors (Lipinski definition) is 0. The highest BCUT2D eigenvalue weighted by Crippen LogP contribution is 2.38. The smallest absolute Gasteiger partial charge is 0.258 e. The molecule has 0 N–H and O–H groups in total. The summed E-state index contributed by atoms with van der Waals surface area (Å²) in [7, 11) is 0. The molecule has 1 unspecified atom stereocenters. The second-order valence-corrected chi connectivity index (χ2v) is 6.65. The highest BCUT2D eigenvalue weighted by Gasteiger charge is 2.14. The molecule has 106 valence electrons. The summed E-state index contributed by atoms with van der Waals surface area (Å²) >= 11 is 3.16. The SMILES string of the molecule is CC(Sc1ncnc2sccc12)c1cccc([N+](=O)[O-])c1. The monoisotopic (exact) mass is 317 g/mol. The van der Waals surface area contributed by atoms with E-state index in [0.29, 0.717) is 0 Å². The van der Waals surface area contributed by atoms with Crippen molar-refractivity contribution < 1.29 is 4.92 Å². The van der Waals surface area contributed by atoms with Crippen LogP contribution in [0.3, 0.4) is 0 Å². The molecule has 0 bridgehead atoms. The van der Waals surface area contributed by atoms with E-state index in [1.165, 1.54) is 6.07 Å². The number of rotatable bonds is 4. The number of aromatic nitrogens is 2. The molecule has 0 saturated carbocycles. The van der Waals surface area contributed by atoms with Crippen LogP contribution in [0.25, 0.3) is 10.2 Å². The maximum absolute atomic E-state index is 10.9. The molecule has 0 fully saturated rings. The van der Waals surface area contributed by atoms with Crippen LogP contribution in [0.5, 0.6) is 0 Å². The van der Waals surface area contributed by atoms with Crippen LogP contribution in [0.15, 0.2) is 47.1 Å². The lowest BCUT2D eigenvalue weighted by atomic mass is 10.1. The van der Waals surface area contributed by atoms with E-state index in [-0.39, 0.29) is 15.9 Å². The highest BCUT2D eigenvalue weighted by molar-refractivity contribution is 7.99. The zero-order valence-electron chi connectivity index (χ0n) is 11.1. The Hall–Kier alpha value is -1.99. The third kappa shape index (κ3) is 2.88. The number of thioether (sulfide) groups is 1. The number of nitro benzene ring substituents is 1. The number of fused-ring (bicyclic) bond motifs is 1. The largest absolute Gasteiger partial charge is 0.269 e. The Labute approximate surface area is 129 Å². The third-order valence-corrected chi connectivity index (χ3v) is 5.06. The van der Waals surface area contributed by atoms with E-state index in [9.17, 15) is 10.1 Å². The number of hydrogen-bond acceptors (Lipinski definition) is 6. The van der Waals surface area contributed by atoms with Crippen molar-refractivity contribution in [3.8, 4) is 0 Å². The average molecular weight is 317 g/mol. The molecule has 7 heteroatoms. The lowest BCUT2D eigenvalue weighted by molar-refractivity contribution is -0.384. The van der Waals surface area contributed by atoms with Crippen LogP contribution in [-0.2, 0) is 0 Å². The van der Waals surface area contributed by atoms with Crippen LogP contribution in [0.2, 0.25) is 0 Å². The summed E-state index contributed by atoms with van der Waals surface area (Å²) in [6, 6.07) is 8.73. The summed E-state index contributed by atoms with van der Waals surface area (Å²) in [5.74, 6) is 0. The standard InChI is InChI=1S/C14H11N3O2S2/c1-9(10-3-2-4-11(7-10)17(18)19)21-14-12-5-6-20-13(12)15-8-16-14/h2-9H,1H3. The summed E-state index contributed by atoms with van der Waals surface area (Å²) in [5, 5.41) is 14.8. The van der Waals surface area contributed by atoms with Gasteiger partial charge in [-0.1, -0.05) is 23.9 Å². The quantitative estimate of drug-likeness (QED) is 0.308. The Morgan fingerprint density at radius 1 is 1.33 bits per heavy atom. The first-order valence-electron chi connectivity index (χ1n) is 6.24. The molecular formula is C14H11N3O2S2. The van der Waals surface area contributed by atoms with Crippen molar-refractivity contribution in [1.29, 1.82) is 0 Å². The summed E-state index contributed by atoms with van der Waals surface area (Å²) in [5.41, 5.74) is 1.03. The molecule has 0 aliphatic rings. The summed E-state index contributed by atoms with van der Waals surface area (Å²) < 4.78 is 0. The van der Waals surface area contributed by atoms with E-state index < -0.39 is 0 Å². The van der Waals surface area contributed by atoms with E-state index in [4.69, 9.17) is 0 Å². The van der Waals surface area contributed by atoms with Gasteiger partial charge < -0.3 is 0 Å². The molecule has 0 saturated heterocycles. The van der Waals surface area contributed by atoms with Gasteiger partial charge in [0.2, 0.25) is 0 Å². The van der Waals surface area contributed by atoms with Crippen LogP contribution in [0, 0.1) is 10.1 Å². The summed E-state index contributed by atoms with van der Waals surface area (Å²) in [6.45, 7) is 2.02. The van der Waals surface area contributed by atoms with Gasteiger partial charge in [-0.2, -0.15) is 0 Å². The molecule has 5 nitrogen and oxygen atoms in total. The number of nitrogens with zero attached hydrogens (tertiary/aromatic N) is 3. The van der Waals surface area contributed by atoms with Crippen molar-refractivity contribution in [1.82, 2.24) is 9.97 Å². The summed E-state index contributed by atoms with van der Waals surface area (Å²) in [4.78, 5) is 20.0. The maximum atomic E-state index is 10.9. The number of non-ortho nitro benzene ring substituents is 1. The van der Waals surface area contributed by atoms with E-state index in [1.807, 2.05) is 24.4 Å². The Kier molecular flexibility index (Phi) is 3.85. The highest BCUT2D eigenvalue weighted by atomic mass is 32.2. The van der Waals surface area contributed by atoms with Gasteiger partial charge in [-0.3, -0.25) is 10.1 Å². The van der Waals surface area contributed by atoms with Gasteiger partial charge in [-0.15, -0.1) is 11.3 Å². The zero-order valence-corrected chi connectivity index (χ0v) is 12.7. The molecule has 0 amide bonds. The fourth-order valence-corrected chi connectivity index (χ4v) is 3.80. The van der Waals surface area contributed by atoms with Crippen LogP contribution >= 0.6 is 23.1 Å². The van der Waals surface area contributed by atoms with Gasteiger partial charge in [0.15, 0.2) is 0 Å². The van der Waals surface area contributed by atoms with Crippen molar-refractivity contribution in [2.24, 2.45) is 0 Å². The minimum absolute atomic E-state index is 0.0721. The van der Waals surface area contributed by atoms with Crippen molar-refractivity contribution in [2.45, 2.75) is 17.2 Å². The fourth-order valence-electron chi connectivity index (χ4n) is 1.99. The molecule has 0 radical (unpaired) electrons. The molecule has 3 rings (SSSR count). The van der Waals surface area contributed by atoms with Crippen molar-refractivity contribution in [2.75, 3.05) is 0 Å². The Morgan fingerprint density at radius 2 is 2.19 bits per heavy atom. The lowest BCUT2D eigenvalue weighted by Crippen LogP contribution is -1.93. The second kappa shape index (κ2) is 5.79. The normalized spacial score (nSPS) is 12.4. The van der Waals surface area contributed by atoms with Gasteiger partial charge in [0.1, 0.15) is 16.2 Å². The number of benzene rings is 1. The Balaban J connectivity index is 1.89. The number of nitro groups is 1. The van der Waals surface area contributed by atoms with Gasteiger partial charge in [-0.25, -0.2) is 9.97 Å². The van der Waals surface area contributed by atoms with E-state index in [2.05, 4.69) is 9.97 Å². The minimum atomic E-state index is -0.372. The Bertz CT molecular complexity index is 804. The van der Waals surface area contributed by atoms with Crippen LogP contribution in [0.4, 0.5) is 5.69 Å². The van der Waals surface area contributed by atoms with Gasteiger partial charge in [0.25, 0.3) is 5.69 Å².